The number of thioether (sulfide) groups is 1. The lowest BCUT2D eigenvalue weighted by molar-refractivity contribution is -0.148. The number of carbonyl (C=O) groups excluding carboxylic acids is 2. The lowest BCUT2D eigenvalue weighted by atomic mass is 9.96. The van der Waals surface area contributed by atoms with Crippen molar-refractivity contribution in [3.05, 3.63) is 31.9 Å². The van der Waals surface area contributed by atoms with Gasteiger partial charge in [0.2, 0.25) is 0 Å². The smallest absolute Gasteiger partial charge is 0.310 e. The summed E-state index contributed by atoms with van der Waals surface area (Å²) in [6.07, 6.45) is 3.84. The molecule has 1 atom stereocenters. The fraction of sp³-hybridized carbons (Fsp3) is 0.560. The molecule has 0 N–H and O–H groups in total. The lowest BCUT2D eigenvalue weighted by Crippen LogP contribution is -2.42. The molecule has 1 unspecified atom stereocenters. The van der Waals surface area contributed by atoms with Crippen LogP contribution < -0.4 is 10.5 Å². The summed E-state index contributed by atoms with van der Waals surface area (Å²) >= 11 is 6.67. The number of hydrogen-bond acceptors (Lipinski definition) is 9. The Bertz CT molecular complexity index is 1170. The van der Waals surface area contributed by atoms with E-state index in [4.69, 9.17) is 21.7 Å². The average molecular weight is 533 g/mol. The van der Waals surface area contributed by atoms with Crippen LogP contribution in [0.25, 0.3) is 6.08 Å². The molecule has 2 fully saturated rings. The van der Waals surface area contributed by atoms with Gasteiger partial charge in [0.1, 0.15) is 21.8 Å². The number of carbonyl (C=O) groups is 2. The molecule has 1 amide bonds. The first-order valence-electron chi connectivity index (χ1n) is 12.1. The van der Waals surface area contributed by atoms with Crippen molar-refractivity contribution >= 4 is 52.1 Å². The Hall–Kier alpha value is -2.68. The molecule has 0 radical (unpaired) electrons. The molecule has 0 saturated carbocycles. The molecule has 2 aliphatic rings. The summed E-state index contributed by atoms with van der Waals surface area (Å²) in [5.41, 5.74) is 0.714. The highest BCUT2D eigenvalue weighted by Crippen LogP contribution is 2.36. The van der Waals surface area contributed by atoms with Gasteiger partial charge in [-0.2, -0.15) is 5.26 Å². The van der Waals surface area contributed by atoms with E-state index in [0.29, 0.717) is 78.5 Å². The third-order valence-electron chi connectivity index (χ3n) is 6.33. The number of piperidine rings is 1. The standard InChI is InChI=1S/C25H32N4O5S2/c1-5-33-12-8-11-29-23(31)20(36-25(29)35)13-18-16(3)19(14-26)22(30)27(4)21(18)28-10-7-9-17(15-28)24(32)34-6-2/h13,17H,5-12,15H2,1-4H3/b20-13+. The Balaban J connectivity index is 2.02. The predicted octanol–water partition coefficient (Wildman–Crippen LogP) is 2.97. The zero-order valence-electron chi connectivity index (χ0n) is 21.2. The van der Waals surface area contributed by atoms with Crippen LogP contribution in [0.2, 0.25) is 0 Å². The summed E-state index contributed by atoms with van der Waals surface area (Å²) in [4.78, 5) is 42.6. The van der Waals surface area contributed by atoms with E-state index in [0.717, 1.165) is 6.42 Å². The first-order valence-corrected chi connectivity index (χ1v) is 13.4. The third kappa shape index (κ3) is 5.82. The summed E-state index contributed by atoms with van der Waals surface area (Å²) in [6.45, 7) is 8.34. The van der Waals surface area contributed by atoms with E-state index in [-0.39, 0.29) is 23.4 Å². The predicted molar refractivity (Wildman–Crippen MR) is 144 cm³/mol. The van der Waals surface area contributed by atoms with E-state index in [9.17, 15) is 19.6 Å². The Labute approximate surface area is 221 Å². The number of nitriles is 1. The van der Waals surface area contributed by atoms with Crippen molar-refractivity contribution in [2.24, 2.45) is 13.0 Å². The second kappa shape index (κ2) is 12.5. The Morgan fingerprint density at radius 1 is 1.31 bits per heavy atom. The van der Waals surface area contributed by atoms with Crippen molar-refractivity contribution in [1.82, 2.24) is 9.47 Å². The molecule has 2 aliphatic heterocycles. The first kappa shape index (κ1) is 27.9. The van der Waals surface area contributed by atoms with Crippen molar-refractivity contribution in [2.75, 3.05) is 44.4 Å². The number of hydrogen-bond donors (Lipinski definition) is 0. The Kier molecular flexibility index (Phi) is 9.70. The molecule has 0 aliphatic carbocycles. The van der Waals surface area contributed by atoms with Gasteiger partial charge in [-0.3, -0.25) is 23.9 Å². The largest absolute Gasteiger partial charge is 0.466 e. The summed E-state index contributed by atoms with van der Waals surface area (Å²) in [6, 6.07) is 2.02. The SMILES string of the molecule is CCOCCCN1C(=O)/C(=C\c2c(C)c(C#N)c(=O)n(C)c2N2CCCC(C(=O)OCC)C2)SC1=S. The zero-order valence-corrected chi connectivity index (χ0v) is 22.8. The van der Waals surface area contributed by atoms with Crippen molar-refractivity contribution in [2.45, 2.75) is 40.0 Å². The highest BCUT2D eigenvalue weighted by Gasteiger charge is 2.34. The fourth-order valence-electron chi connectivity index (χ4n) is 4.51. The Morgan fingerprint density at radius 3 is 2.72 bits per heavy atom. The maximum atomic E-state index is 13.2. The molecule has 36 heavy (non-hydrogen) atoms. The molecule has 2 saturated heterocycles. The third-order valence-corrected chi connectivity index (χ3v) is 7.71. The van der Waals surface area contributed by atoms with E-state index in [1.54, 1.807) is 31.9 Å². The van der Waals surface area contributed by atoms with Crippen LogP contribution in [0.15, 0.2) is 9.70 Å². The minimum atomic E-state index is -0.413. The van der Waals surface area contributed by atoms with E-state index in [1.807, 2.05) is 17.9 Å². The molecule has 1 aromatic heterocycles. The minimum Gasteiger partial charge on any atom is -0.466 e. The monoisotopic (exact) mass is 532 g/mol. The number of amides is 1. The number of ether oxygens (including phenoxy) is 2. The second-order valence-electron chi connectivity index (χ2n) is 8.63. The van der Waals surface area contributed by atoms with Crippen molar-refractivity contribution < 1.29 is 19.1 Å². The van der Waals surface area contributed by atoms with Crippen molar-refractivity contribution in [1.29, 1.82) is 5.26 Å². The molecule has 11 heteroatoms. The number of pyridine rings is 1. The van der Waals surface area contributed by atoms with Crippen LogP contribution in [-0.2, 0) is 26.1 Å². The number of nitrogens with zero attached hydrogens (tertiary/aromatic N) is 4. The van der Waals surface area contributed by atoms with Gasteiger partial charge in [-0.05, 0) is 51.7 Å². The molecule has 1 aromatic rings. The first-order chi connectivity index (χ1) is 17.2. The van der Waals surface area contributed by atoms with E-state index in [2.05, 4.69) is 0 Å². The summed E-state index contributed by atoms with van der Waals surface area (Å²) in [7, 11) is 1.61. The fourth-order valence-corrected chi connectivity index (χ4v) is 5.80. The highest BCUT2D eigenvalue weighted by molar-refractivity contribution is 8.26. The summed E-state index contributed by atoms with van der Waals surface area (Å²) in [5, 5.41) is 9.69. The summed E-state index contributed by atoms with van der Waals surface area (Å²) in [5.74, 6) is -0.206. The van der Waals surface area contributed by atoms with Crippen LogP contribution in [0.3, 0.4) is 0 Å². The number of esters is 1. The van der Waals surface area contributed by atoms with Gasteiger partial charge in [-0.15, -0.1) is 0 Å². The molecular weight excluding hydrogens is 500 g/mol. The topological polar surface area (TPSA) is 105 Å². The molecule has 3 heterocycles. The van der Waals surface area contributed by atoms with Crippen LogP contribution in [0, 0.1) is 24.2 Å². The van der Waals surface area contributed by atoms with Crippen LogP contribution in [0.1, 0.15) is 49.8 Å². The van der Waals surface area contributed by atoms with Gasteiger partial charge in [0.15, 0.2) is 0 Å². The van der Waals surface area contributed by atoms with Gasteiger partial charge < -0.3 is 14.4 Å². The van der Waals surface area contributed by atoms with Crippen LogP contribution in [-0.4, -0.2) is 65.1 Å². The van der Waals surface area contributed by atoms with Gasteiger partial charge in [-0.25, -0.2) is 0 Å². The van der Waals surface area contributed by atoms with Gasteiger partial charge in [0, 0.05) is 45.5 Å². The number of thiocarbonyl (C=S) groups is 1. The van der Waals surface area contributed by atoms with Gasteiger partial charge in [-0.1, -0.05) is 24.0 Å². The maximum Gasteiger partial charge on any atom is 0.310 e. The van der Waals surface area contributed by atoms with Crippen LogP contribution in [0.5, 0.6) is 0 Å². The quantitative estimate of drug-likeness (QED) is 0.205. The number of anilines is 1. The highest BCUT2D eigenvalue weighted by atomic mass is 32.2. The molecule has 0 aromatic carbocycles. The number of rotatable bonds is 9. The number of aromatic nitrogens is 1. The second-order valence-corrected chi connectivity index (χ2v) is 10.3. The van der Waals surface area contributed by atoms with Crippen LogP contribution in [0.4, 0.5) is 5.82 Å². The molecule has 0 bridgehead atoms. The molecule has 194 valence electrons. The van der Waals surface area contributed by atoms with Crippen LogP contribution >= 0.6 is 24.0 Å². The van der Waals surface area contributed by atoms with E-state index >= 15 is 0 Å². The molecule has 3 rings (SSSR count). The maximum absolute atomic E-state index is 13.2. The molecule has 9 nitrogen and oxygen atoms in total. The molecule has 0 spiro atoms. The zero-order chi connectivity index (χ0) is 26.4. The molecular formula is C25H32N4O5S2. The van der Waals surface area contributed by atoms with E-state index in [1.165, 1.54) is 16.3 Å². The Morgan fingerprint density at radius 2 is 2.06 bits per heavy atom. The van der Waals surface area contributed by atoms with Gasteiger partial charge in [0.25, 0.3) is 11.5 Å². The average Bonchev–Trinajstić information content (AvgIpc) is 3.13. The van der Waals surface area contributed by atoms with Crippen molar-refractivity contribution in [3.8, 4) is 6.07 Å². The van der Waals surface area contributed by atoms with Crippen molar-refractivity contribution in [3.63, 3.8) is 0 Å². The van der Waals surface area contributed by atoms with Gasteiger partial charge in [0.05, 0.1) is 17.4 Å². The van der Waals surface area contributed by atoms with E-state index < -0.39 is 5.56 Å². The lowest BCUT2D eigenvalue weighted by Gasteiger charge is -2.35. The van der Waals surface area contributed by atoms with Gasteiger partial charge >= 0.3 is 5.97 Å². The minimum absolute atomic E-state index is 0.0265. The summed E-state index contributed by atoms with van der Waals surface area (Å²) < 4.78 is 12.5. The normalized spacial score (nSPS) is 19.2.